The van der Waals surface area contributed by atoms with Gasteiger partial charge in [-0.2, -0.15) is 0 Å². The van der Waals surface area contributed by atoms with Crippen molar-refractivity contribution < 1.29 is 18.3 Å². The van der Waals surface area contributed by atoms with Crippen LogP contribution >= 0.6 is 0 Å². The highest BCUT2D eigenvalue weighted by molar-refractivity contribution is 5.39. The number of halogens is 2. The summed E-state index contributed by atoms with van der Waals surface area (Å²) in [5.74, 6) is -1.14. The fraction of sp³-hybridized carbons (Fsp3) is 0.286. The maximum absolute atomic E-state index is 13.3. The topological polar surface area (TPSA) is 33.4 Å². The second kappa shape index (κ2) is 3.92. The van der Waals surface area contributed by atoms with Crippen molar-refractivity contribution in [3.63, 3.8) is 0 Å². The van der Waals surface area contributed by atoms with Gasteiger partial charge in [-0.3, -0.25) is 0 Å². The Morgan fingerprint density at radius 1 is 1.17 bits per heavy atom. The number of rotatable bonds is 1. The van der Waals surface area contributed by atoms with Gasteiger partial charge in [0.15, 0.2) is 11.6 Å². The van der Waals surface area contributed by atoms with Crippen molar-refractivity contribution in [2.45, 2.75) is 24.9 Å². The smallest absolute Gasteiger partial charge is 0.159 e. The van der Waals surface area contributed by atoms with Crippen LogP contribution in [0.1, 0.15) is 29.7 Å². The van der Waals surface area contributed by atoms with E-state index in [0.717, 1.165) is 25.0 Å². The maximum atomic E-state index is 13.3. The van der Waals surface area contributed by atoms with Crippen molar-refractivity contribution >= 4 is 0 Å². The quantitative estimate of drug-likeness (QED) is 0.843. The van der Waals surface area contributed by atoms with Gasteiger partial charge in [-0.05, 0) is 36.6 Å². The van der Waals surface area contributed by atoms with Gasteiger partial charge in [0.25, 0.3) is 0 Å². The molecule has 0 fully saturated rings. The highest BCUT2D eigenvalue weighted by atomic mass is 19.2. The number of benzene rings is 1. The molecule has 0 bridgehead atoms. The first-order valence-corrected chi connectivity index (χ1v) is 5.86. The van der Waals surface area contributed by atoms with Crippen LogP contribution in [0.25, 0.3) is 0 Å². The van der Waals surface area contributed by atoms with Crippen LogP contribution in [0.3, 0.4) is 0 Å². The Morgan fingerprint density at radius 3 is 2.78 bits per heavy atom. The van der Waals surface area contributed by atoms with Crippen LogP contribution in [0, 0.1) is 11.6 Å². The average molecular weight is 250 g/mol. The molecule has 1 aliphatic carbocycles. The zero-order chi connectivity index (χ0) is 12.8. The Bertz CT molecular complexity index is 591. The van der Waals surface area contributed by atoms with E-state index in [4.69, 9.17) is 4.42 Å². The van der Waals surface area contributed by atoms with E-state index < -0.39 is 17.2 Å². The number of furan rings is 1. The fourth-order valence-electron chi connectivity index (χ4n) is 2.60. The van der Waals surface area contributed by atoms with Gasteiger partial charge < -0.3 is 9.52 Å². The van der Waals surface area contributed by atoms with Crippen LogP contribution in [-0.2, 0) is 12.0 Å². The fourth-order valence-corrected chi connectivity index (χ4v) is 2.60. The lowest BCUT2D eigenvalue weighted by Gasteiger charge is -2.32. The Morgan fingerprint density at radius 2 is 2.00 bits per heavy atom. The lowest BCUT2D eigenvalue weighted by atomic mass is 9.78. The van der Waals surface area contributed by atoms with Crippen LogP contribution in [0.4, 0.5) is 8.78 Å². The molecule has 0 saturated carbocycles. The molecule has 0 spiro atoms. The molecule has 1 N–H and O–H groups in total. The molecule has 2 nitrogen and oxygen atoms in total. The van der Waals surface area contributed by atoms with E-state index in [1.54, 1.807) is 6.07 Å². The molecular weight excluding hydrogens is 238 g/mol. The third-order valence-electron chi connectivity index (χ3n) is 3.53. The van der Waals surface area contributed by atoms with Crippen molar-refractivity contribution in [1.82, 2.24) is 0 Å². The van der Waals surface area contributed by atoms with Crippen molar-refractivity contribution in [3.05, 3.63) is 59.1 Å². The molecule has 1 unspecified atom stereocenters. The predicted molar refractivity (Wildman–Crippen MR) is 61.0 cm³/mol. The summed E-state index contributed by atoms with van der Waals surface area (Å²) < 4.78 is 31.5. The standard InChI is InChI=1S/C14H12F2O2/c15-11-4-3-9(8-12(11)16)14(17)6-1-2-13-10(14)5-7-18-13/h3-5,7-8,17H,1-2,6H2. The van der Waals surface area contributed by atoms with Crippen LogP contribution in [0.5, 0.6) is 0 Å². The lowest BCUT2D eigenvalue weighted by Crippen LogP contribution is -2.31. The molecule has 0 radical (unpaired) electrons. The predicted octanol–water partition coefficient (Wildman–Crippen LogP) is 3.13. The molecule has 4 heteroatoms. The first-order valence-electron chi connectivity index (χ1n) is 5.86. The number of aliphatic hydroxyl groups is 1. The summed E-state index contributed by atoms with van der Waals surface area (Å²) in [4.78, 5) is 0. The Labute approximate surface area is 103 Å². The van der Waals surface area contributed by atoms with Gasteiger partial charge in [0.05, 0.1) is 6.26 Å². The highest BCUT2D eigenvalue weighted by Crippen LogP contribution is 2.41. The highest BCUT2D eigenvalue weighted by Gasteiger charge is 2.38. The SMILES string of the molecule is OC1(c2ccc(F)c(F)c2)CCCc2occc21. The lowest BCUT2D eigenvalue weighted by molar-refractivity contribution is 0.0585. The monoisotopic (exact) mass is 250 g/mol. The van der Waals surface area contributed by atoms with Crippen LogP contribution in [0.2, 0.25) is 0 Å². The second-order valence-electron chi connectivity index (χ2n) is 4.60. The van der Waals surface area contributed by atoms with E-state index in [0.29, 0.717) is 23.3 Å². The summed E-state index contributed by atoms with van der Waals surface area (Å²) in [6, 6.07) is 5.20. The average Bonchev–Trinajstić information content (AvgIpc) is 2.82. The summed E-state index contributed by atoms with van der Waals surface area (Å²) in [6.45, 7) is 0. The van der Waals surface area contributed by atoms with Gasteiger partial charge in [0.1, 0.15) is 11.4 Å². The molecule has 1 heterocycles. The van der Waals surface area contributed by atoms with Crippen LogP contribution < -0.4 is 0 Å². The van der Waals surface area contributed by atoms with Crippen molar-refractivity contribution in [1.29, 1.82) is 0 Å². The van der Waals surface area contributed by atoms with Crippen molar-refractivity contribution in [3.8, 4) is 0 Å². The minimum absolute atomic E-state index is 0.365. The largest absolute Gasteiger partial charge is 0.469 e. The minimum Gasteiger partial charge on any atom is -0.469 e. The van der Waals surface area contributed by atoms with Gasteiger partial charge in [0.2, 0.25) is 0 Å². The molecule has 2 aromatic rings. The molecule has 1 aliphatic rings. The first kappa shape index (κ1) is 11.4. The summed E-state index contributed by atoms with van der Waals surface area (Å²) in [5.41, 5.74) is -0.265. The molecule has 0 amide bonds. The Kier molecular flexibility index (Phi) is 2.48. The molecule has 0 saturated heterocycles. The molecule has 0 aliphatic heterocycles. The van der Waals surface area contributed by atoms with Crippen LogP contribution in [0.15, 0.2) is 34.9 Å². The second-order valence-corrected chi connectivity index (χ2v) is 4.60. The third-order valence-corrected chi connectivity index (χ3v) is 3.53. The van der Waals surface area contributed by atoms with Gasteiger partial charge in [0, 0.05) is 12.0 Å². The van der Waals surface area contributed by atoms with Gasteiger partial charge >= 0.3 is 0 Å². The zero-order valence-corrected chi connectivity index (χ0v) is 9.62. The number of hydrogen-bond donors (Lipinski definition) is 1. The van der Waals surface area contributed by atoms with E-state index in [1.807, 2.05) is 0 Å². The zero-order valence-electron chi connectivity index (χ0n) is 9.62. The van der Waals surface area contributed by atoms with E-state index >= 15 is 0 Å². The number of aryl methyl sites for hydroxylation is 1. The van der Waals surface area contributed by atoms with Gasteiger partial charge in [-0.15, -0.1) is 0 Å². The van der Waals surface area contributed by atoms with E-state index in [9.17, 15) is 13.9 Å². The normalized spacial score (nSPS) is 22.8. The number of hydrogen-bond acceptors (Lipinski definition) is 2. The number of fused-ring (bicyclic) bond motifs is 1. The molecule has 1 aromatic heterocycles. The minimum atomic E-state index is -1.28. The summed E-state index contributed by atoms with van der Waals surface area (Å²) in [7, 11) is 0. The van der Waals surface area contributed by atoms with Crippen LogP contribution in [-0.4, -0.2) is 5.11 Å². The van der Waals surface area contributed by atoms with E-state index in [2.05, 4.69) is 0 Å². The summed E-state index contributed by atoms with van der Waals surface area (Å²) in [5, 5.41) is 10.7. The van der Waals surface area contributed by atoms with Crippen molar-refractivity contribution in [2.75, 3.05) is 0 Å². The van der Waals surface area contributed by atoms with E-state index in [-0.39, 0.29) is 0 Å². The van der Waals surface area contributed by atoms with Crippen molar-refractivity contribution in [2.24, 2.45) is 0 Å². The molecule has 1 atom stereocenters. The molecular formula is C14H12F2O2. The van der Waals surface area contributed by atoms with E-state index in [1.165, 1.54) is 12.3 Å². The summed E-state index contributed by atoms with van der Waals surface area (Å²) in [6.07, 6.45) is 3.50. The molecule has 94 valence electrons. The summed E-state index contributed by atoms with van der Waals surface area (Å²) >= 11 is 0. The molecule has 1 aromatic carbocycles. The molecule has 3 rings (SSSR count). The van der Waals surface area contributed by atoms with Gasteiger partial charge in [-0.1, -0.05) is 6.07 Å². The van der Waals surface area contributed by atoms with Gasteiger partial charge in [-0.25, -0.2) is 8.78 Å². The Balaban J connectivity index is 2.14. The Hall–Kier alpha value is -1.68. The maximum Gasteiger partial charge on any atom is 0.159 e. The molecule has 18 heavy (non-hydrogen) atoms. The third kappa shape index (κ3) is 1.56. The first-order chi connectivity index (χ1) is 8.61.